The molecule has 0 unspecified atom stereocenters. The van der Waals surface area contributed by atoms with Crippen LogP contribution >= 0.6 is 0 Å². The Kier molecular flexibility index (Phi) is 4.81. The van der Waals surface area contributed by atoms with E-state index in [-0.39, 0.29) is 12.5 Å². The van der Waals surface area contributed by atoms with Crippen molar-refractivity contribution in [3.05, 3.63) is 36.2 Å². The molecule has 21 heavy (non-hydrogen) atoms. The van der Waals surface area contributed by atoms with Crippen LogP contribution in [-0.2, 0) is 11.4 Å². The first kappa shape index (κ1) is 14.9. The zero-order valence-electron chi connectivity index (χ0n) is 12.4. The Labute approximate surface area is 123 Å². The van der Waals surface area contributed by atoms with Crippen molar-refractivity contribution in [1.82, 2.24) is 4.98 Å². The van der Waals surface area contributed by atoms with Crippen molar-refractivity contribution in [3.63, 3.8) is 0 Å². The maximum absolute atomic E-state index is 5.67. The summed E-state index contributed by atoms with van der Waals surface area (Å²) < 4.78 is 10.5. The van der Waals surface area contributed by atoms with E-state index in [2.05, 4.69) is 10.1 Å². The summed E-state index contributed by atoms with van der Waals surface area (Å²) >= 11 is 0. The van der Waals surface area contributed by atoms with E-state index in [9.17, 15) is 0 Å². The average molecular weight is 289 g/mol. The molecule has 0 aliphatic carbocycles. The van der Waals surface area contributed by atoms with Crippen molar-refractivity contribution in [2.24, 2.45) is 16.8 Å². The van der Waals surface area contributed by atoms with E-state index in [1.165, 1.54) is 0 Å². The van der Waals surface area contributed by atoms with Gasteiger partial charge in [-0.05, 0) is 24.3 Å². The molecule has 0 fully saturated rings. The van der Waals surface area contributed by atoms with Gasteiger partial charge in [-0.25, -0.2) is 4.98 Å². The molecule has 0 atom stereocenters. The fraction of sp³-hybridized carbons (Fsp3) is 0.333. The van der Waals surface area contributed by atoms with Crippen LogP contribution in [0.15, 0.2) is 40.1 Å². The van der Waals surface area contributed by atoms with Crippen molar-refractivity contribution in [3.8, 4) is 17.2 Å². The van der Waals surface area contributed by atoms with E-state index in [0.29, 0.717) is 17.4 Å². The highest BCUT2D eigenvalue weighted by molar-refractivity contribution is 5.81. The van der Waals surface area contributed by atoms with Crippen molar-refractivity contribution in [1.29, 1.82) is 0 Å². The number of nitrogens with zero attached hydrogens (tertiary/aromatic N) is 2. The van der Waals surface area contributed by atoms with Gasteiger partial charge in [-0.1, -0.05) is 19.0 Å². The van der Waals surface area contributed by atoms with Crippen LogP contribution in [0.5, 0.6) is 5.75 Å². The lowest BCUT2D eigenvalue weighted by molar-refractivity contribution is 0.126. The van der Waals surface area contributed by atoms with Crippen molar-refractivity contribution >= 4 is 5.84 Å². The van der Waals surface area contributed by atoms with Gasteiger partial charge >= 0.3 is 0 Å². The van der Waals surface area contributed by atoms with Gasteiger partial charge < -0.3 is 19.7 Å². The predicted octanol–water partition coefficient (Wildman–Crippen LogP) is 2.80. The highest BCUT2D eigenvalue weighted by Crippen LogP contribution is 2.21. The van der Waals surface area contributed by atoms with Crippen LogP contribution in [0.1, 0.15) is 19.5 Å². The summed E-state index contributed by atoms with van der Waals surface area (Å²) in [6, 6.07) is 7.46. The summed E-state index contributed by atoms with van der Waals surface area (Å²) in [7, 11) is 1.62. The van der Waals surface area contributed by atoms with E-state index in [1.54, 1.807) is 13.4 Å². The number of benzene rings is 1. The molecular weight excluding hydrogens is 270 g/mol. The Hall–Kier alpha value is -2.50. The lowest BCUT2D eigenvalue weighted by Crippen LogP contribution is -2.18. The van der Waals surface area contributed by atoms with Crippen LogP contribution in [0, 0.1) is 5.92 Å². The first-order chi connectivity index (χ1) is 10.1. The van der Waals surface area contributed by atoms with Crippen LogP contribution in [0.3, 0.4) is 0 Å². The molecule has 0 saturated heterocycles. The maximum Gasteiger partial charge on any atom is 0.226 e. The van der Waals surface area contributed by atoms with E-state index in [4.69, 9.17) is 19.7 Å². The summed E-state index contributed by atoms with van der Waals surface area (Å²) in [6.45, 7) is 4.10. The molecule has 2 aromatic rings. The predicted molar refractivity (Wildman–Crippen MR) is 79.7 cm³/mol. The molecule has 0 aliphatic heterocycles. The van der Waals surface area contributed by atoms with Crippen LogP contribution in [0.4, 0.5) is 0 Å². The first-order valence-electron chi connectivity index (χ1n) is 6.64. The zero-order chi connectivity index (χ0) is 15.2. The Bertz CT molecular complexity index is 603. The largest absolute Gasteiger partial charge is 0.497 e. The molecule has 6 nitrogen and oxygen atoms in total. The molecule has 2 rings (SSSR count). The van der Waals surface area contributed by atoms with Gasteiger partial charge in [-0.3, -0.25) is 0 Å². The monoisotopic (exact) mass is 289 g/mol. The summed E-state index contributed by atoms with van der Waals surface area (Å²) in [6.07, 6.45) is 1.54. The third-order valence-corrected chi connectivity index (χ3v) is 2.86. The normalized spacial score (nSPS) is 11.7. The minimum Gasteiger partial charge on any atom is -0.497 e. The van der Waals surface area contributed by atoms with Crippen molar-refractivity contribution < 1.29 is 14.0 Å². The van der Waals surface area contributed by atoms with Gasteiger partial charge in [0.15, 0.2) is 6.61 Å². The fourth-order valence-corrected chi connectivity index (χ4v) is 1.52. The maximum atomic E-state index is 5.67. The van der Waals surface area contributed by atoms with Gasteiger partial charge in [0.2, 0.25) is 5.89 Å². The third kappa shape index (κ3) is 3.98. The molecular formula is C15H19N3O3. The minimum absolute atomic E-state index is 0.150. The average Bonchev–Trinajstić information content (AvgIpc) is 2.96. The molecule has 6 heteroatoms. The Morgan fingerprint density at radius 3 is 2.67 bits per heavy atom. The van der Waals surface area contributed by atoms with Gasteiger partial charge in [0, 0.05) is 11.5 Å². The zero-order valence-corrected chi connectivity index (χ0v) is 12.4. The molecule has 2 N–H and O–H groups in total. The SMILES string of the molecule is COc1ccc(-c2nc(CO/N=C(\N)C(C)C)co2)cc1. The number of methoxy groups -OCH3 is 1. The Morgan fingerprint density at radius 1 is 1.33 bits per heavy atom. The number of rotatable bonds is 6. The number of hydrogen-bond donors (Lipinski definition) is 1. The molecule has 0 saturated carbocycles. The molecule has 0 amide bonds. The van der Waals surface area contributed by atoms with Crippen LogP contribution in [-0.4, -0.2) is 17.9 Å². The highest BCUT2D eigenvalue weighted by Gasteiger charge is 2.07. The Balaban J connectivity index is 1.99. The van der Waals surface area contributed by atoms with E-state index in [1.807, 2.05) is 38.1 Å². The van der Waals surface area contributed by atoms with Gasteiger partial charge in [-0.15, -0.1) is 0 Å². The van der Waals surface area contributed by atoms with Crippen molar-refractivity contribution in [2.75, 3.05) is 7.11 Å². The lowest BCUT2D eigenvalue weighted by atomic mass is 10.2. The van der Waals surface area contributed by atoms with Gasteiger partial charge in [0.1, 0.15) is 23.5 Å². The number of amidine groups is 1. The van der Waals surface area contributed by atoms with Gasteiger partial charge in [-0.2, -0.15) is 0 Å². The van der Waals surface area contributed by atoms with Crippen LogP contribution in [0.25, 0.3) is 11.5 Å². The third-order valence-electron chi connectivity index (χ3n) is 2.86. The molecule has 0 aliphatic rings. The Morgan fingerprint density at radius 2 is 2.05 bits per heavy atom. The molecule has 1 aromatic heterocycles. The number of oxime groups is 1. The number of ether oxygens (including phenoxy) is 1. The second kappa shape index (κ2) is 6.78. The molecule has 1 aromatic carbocycles. The van der Waals surface area contributed by atoms with Crippen LogP contribution < -0.4 is 10.5 Å². The first-order valence-corrected chi connectivity index (χ1v) is 6.64. The molecule has 0 radical (unpaired) electrons. The van der Waals surface area contributed by atoms with E-state index < -0.39 is 0 Å². The minimum atomic E-state index is 0.150. The second-order valence-corrected chi connectivity index (χ2v) is 4.82. The molecule has 112 valence electrons. The quantitative estimate of drug-likeness (QED) is 0.502. The van der Waals surface area contributed by atoms with Crippen LogP contribution in [0.2, 0.25) is 0 Å². The summed E-state index contributed by atoms with van der Waals surface area (Å²) in [4.78, 5) is 9.48. The second-order valence-electron chi connectivity index (χ2n) is 4.82. The smallest absolute Gasteiger partial charge is 0.226 e. The summed E-state index contributed by atoms with van der Waals surface area (Å²) in [5.74, 6) is 1.91. The standard InChI is InChI=1S/C15H19N3O3/c1-10(2)14(16)18-21-9-12-8-20-15(17-12)11-4-6-13(19-3)7-5-11/h4-8,10H,9H2,1-3H3,(H2,16,18). The molecule has 0 bridgehead atoms. The molecule has 0 spiro atoms. The summed E-state index contributed by atoms with van der Waals surface area (Å²) in [5.41, 5.74) is 7.20. The fourth-order valence-electron chi connectivity index (χ4n) is 1.52. The van der Waals surface area contributed by atoms with Gasteiger partial charge in [0.05, 0.1) is 7.11 Å². The number of hydrogen-bond acceptors (Lipinski definition) is 5. The topological polar surface area (TPSA) is 82.9 Å². The summed E-state index contributed by atoms with van der Waals surface area (Å²) in [5, 5.41) is 3.82. The van der Waals surface area contributed by atoms with Crippen molar-refractivity contribution in [2.45, 2.75) is 20.5 Å². The number of aromatic nitrogens is 1. The number of oxazole rings is 1. The van der Waals surface area contributed by atoms with Gasteiger partial charge in [0.25, 0.3) is 0 Å². The highest BCUT2D eigenvalue weighted by atomic mass is 16.6. The lowest BCUT2D eigenvalue weighted by Gasteiger charge is -2.02. The number of nitrogens with two attached hydrogens (primary N) is 1. The van der Waals surface area contributed by atoms with E-state index in [0.717, 1.165) is 11.3 Å². The molecule has 1 heterocycles. The van der Waals surface area contributed by atoms with E-state index >= 15 is 0 Å².